The number of benzene rings is 1. The van der Waals surface area contributed by atoms with Crippen LogP contribution in [0.15, 0.2) is 30.6 Å². The summed E-state index contributed by atoms with van der Waals surface area (Å²) < 4.78 is 27.5. The molecule has 0 aliphatic rings. The molecule has 0 aliphatic heterocycles. The molecule has 0 unspecified atom stereocenters. The highest BCUT2D eigenvalue weighted by molar-refractivity contribution is 5.21. The summed E-state index contributed by atoms with van der Waals surface area (Å²) in [6.07, 6.45) is 3.03. The summed E-state index contributed by atoms with van der Waals surface area (Å²) >= 11 is 0. The molecule has 5 heteroatoms. The standard InChI is InChI=1S/C11H7F2N3/c12-9-2-1-8(10(13)5-9)7-16-4-3-15-11(16)6-14/h1-5H,7H2. The molecule has 0 N–H and O–H groups in total. The topological polar surface area (TPSA) is 41.6 Å². The minimum atomic E-state index is -0.627. The van der Waals surface area contributed by atoms with E-state index in [0.29, 0.717) is 5.56 Å². The Labute approximate surface area is 90.6 Å². The normalized spacial score (nSPS) is 10.1. The van der Waals surface area contributed by atoms with Crippen LogP contribution in [0.25, 0.3) is 0 Å². The van der Waals surface area contributed by atoms with Crippen LogP contribution in [-0.4, -0.2) is 9.55 Å². The van der Waals surface area contributed by atoms with Crippen LogP contribution in [0.4, 0.5) is 8.78 Å². The summed E-state index contributed by atoms with van der Waals surface area (Å²) in [6, 6.07) is 5.23. The van der Waals surface area contributed by atoms with Gasteiger partial charge in [0.15, 0.2) is 0 Å². The van der Waals surface area contributed by atoms with E-state index in [0.717, 1.165) is 6.07 Å². The van der Waals surface area contributed by atoms with Gasteiger partial charge in [0, 0.05) is 24.0 Å². The van der Waals surface area contributed by atoms with Gasteiger partial charge in [0.1, 0.15) is 17.7 Å². The maximum Gasteiger partial charge on any atom is 0.213 e. The Balaban J connectivity index is 2.31. The monoisotopic (exact) mass is 219 g/mol. The number of aromatic nitrogens is 2. The van der Waals surface area contributed by atoms with Gasteiger partial charge in [-0.2, -0.15) is 5.26 Å². The third-order valence-corrected chi connectivity index (χ3v) is 2.17. The van der Waals surface area contributed by atoms with Gasteiger partial charge in [-0.3, -0.25) is 0 Å². The number of imidazole rings is 1. The minimum absolute atomic E-state index is 0.162. The molecule has 16 heavy (non-hydrogen) atoms. The lowest BCUT2D eigenvalue weighted by Crippen LogP contribution is -2.03. The largest absolute Gasteiger partial charge is 0.318 e. The van der Waals surface area contributed by atoms with Crippen molar-refractivity contribution in [1.82, 2.24) is 9.55 Å². The Morgan fingerprint density at radius 2 is 2.19 bits per heavy atom. The number of hydrogen-bond acceptors (Lipinski definition) is 2. The molecule has 2 aromatic rings. The molecule has 0 saturated heterocycles. The fraction of sp³-hybridized carbons (Fsp3) is 0.0909. The van der Waals surface area contributed by atoms with Crippen LogP contribution in [0, 0.1) is 23.0 Å². The Hall–Kier alpha value is -2.22. The molecule has 2 rings (SSSR count). The second-order valence-electron chi connectivity index (χ2n) is 3.23. The first-order valence-corrected chi connectivity index (χ1v) is 4.56. The second-order valence-corrected chi connectivity index (χ2v) is 3.23. The van der Waals surface area contributed by atoms with Crippen LogP contribution in [-0.2, 0) is 6.54 Å². The molecular weight excluding hydrogens is 212 g/mol. The van der Waals surface area contributed by atoms with E-state index in [1.807, 2.05) is 6.07 Å². The summed E-state index contributed by atoms with van der Waals surface area (Å²) in [7, 11) is 0. The summed E-state index contributed by atoms with van der Waals surface area (Å²) in [5, 5.41) is 8.71. The molecule has 0 spiro atoms. The van der Waals surface area contributed by atoms with Gasteiger partial charge in [0.05, 0.1) is 6.54 Å². The van der Waals surface area contributed by atoms with Crippen LogP contribution < -0.4 is 0 Å². The number of nitrogens with zero attached hydrogens (tertiary/aromatic N) is 3. The van der Waals surface area contributed by atoms with Crippen LogP contribution in [0.1, 0.15) is 11.4 Å². The highest BCUT2D eigenvalue weighted by Crippen LogP contribution is 2.11. The van der Waals surface area contributed by atoms with E-state index in [1.165, 1.54) is 22.9 Å². The molecule has 0 saturated carbocycles. The van der Waals surface area contributed by atoms with Crippen molar-refractivity contribution in [2.45, 2.75) is 6.54 Å². The first kappa shape index (κ1) is 10.3. The van der Waals surface area contributed by atoms with Gasteiger partial charge in [0.25, 0.3) is 0 Å². The molecule has 1 aromatic carbocycles. The van der Waals surface area contributed by atoms with Gasteiger partial charge < -0.3 is 4.57 Å². The summed E-state index contributed by atoms with van der Waals surface area (Å²) in [5.41, 5.74) is 0.316. The molecular formula is C11H7F2N3. The van der Waals surface area contributed by atoms with E-state index in [1.54, 1.807) is 6.20 Å². The van der Waals surface area contributed by atoms with E-state index in [-0.39, 0.29) is 12.4 Å². The fourth-order valence-corrected chi connectivity index (χ4v) is 1.38. The molecule has 3 nitrogen and oxygen atoms in total. The van der Waals surface area contributed by atoms with E-state index in [2.05, 4.69) is 4.98 Å². The lowest BCUT2D eigenvalue weighted by atomic mass is 10.2. The number of hydrogen-bond donors (Lipinski definition) is 0. The molecule has 0 fully saturated rings. The maximum absolute atomic E-state index is 13.3. The number of halogens is 2. The zero-order valence-corrected chi connectivity index (χ0v) is 8.19. The van der Waals surface area contributed by atoms with E-state index in [4.69, 9.17) is 5.26 Å². The Kier molecular flexibility index (Phi) is 2.64. The summed E-state index contributed by atoms with van der Waals surface area (Å²) in [5.74, 6) is -1.05. The minimum Gasteiger partial charge on any atom is -0.318 e. The fourth-order valence-electron chi connectivity index (χ4n) is 1.38. The molecule has 0 radical (unpaired) electrons. The average molecular weight is 219 g/mol. The van der Waals surface area contributed by atoms with Gasteiger partial charge in [-0.1, -0.05) is 6.07 Å². The smallest absolute Gasteiger partial charge is 0.213 e. The van der Waals surface area contributed by atoms with Crippen molar-refractivity contribution in [1.29, 1.82) is 5.26 Å². The number of nitriles is 1. The van der Waals surface area contributed by atoms with Gasteiger partial charge in [-0.05, 0) is 6.07 Å². The first-order chi connectivity index (χ1) is 7.70. The Morgan fingerprint density at radius 3 is 2.88 bits per heavy atom. The van der Waals surface area contributed by atoms with Crippen molar-refractivity contribution < 1.29 is 8.78 Å². The number of rotatable bonds is 2. The van der Waals surface area contributed by atoms with Crippen molar-refractivity contribution in [2.75, 3.05) is 0 Å². The van der Waals surface area contributed by atoms with Crippen LogP contribution >= 0.6 is 0 Å². The highest BCUT2D eigenvalue weighted by atomic mass is 19.1. The average Bonchev–Trinajstić information content (AvgIpc) is 2.69. The van der Waals surface area contributed by atoms with Crippen LogP contribution in [0.3, 0.4) is 0 Å². The third-order valence-electron chi connectivity index (χ3n) is 2.17. The van der Waals surface area contributed by atoms with Crippen molar-refractivity contribution in [3.05, 3.63) is 53.6 Å². The van der Waals surface area contributed by atoms with Gasteiger partial charge >= 0.3 is 0 Å². The summed E-state index contributed by atoms with van der Waals surface area (Å²) in [4.78, 5) is 3.78. The first-order valence-electron chi connectivity index (χ1n) is 4.56. The quantitative estimate of drug-likeness (QED) is 0.775. The Morgan fingerprint density at radius 1 is 1.38 bits per heavy atom. The van der Waals surface area contributed by atoms with E-state index < -0.39 is 11.6 Å². The van der Waals surface area contributed by atoms with Crippen molar-refractivity contribution >= 4 is 0 Å². The van der Waals surface area contributed by atoms with E-state index >= 15 is 0 Å². The molecule has 80 valence electrons. The predicted molar refractivity (Wildman–Crippen MR) is 52.4 cm³/mol. The molecule has 0 amide bonds. The van der Waals surface area contributed by atoms with Crippen LogP contribution in [0.2, 0.25) is 0 Å². The van der Waals surface area contributed by atoms with Gasteiger partial charge in [0.2, 0.25) is 5.82 Å². The molecule has 0 atom stereocenters. The molecule has 1 heterocycles. The molecule has 0 aliphatic carbocycles. The maximum atomic E-state index is 13.3. The summed E-state index contributed by atoms with van der Waals surface area (Å²) in [6.45, 7) is 0.162. The van der Waals surface area contributed by atoms with Gasteiger partial charge in [-0.15, -0.1) is 0 Å². The predicted octanol–water partition coefficient (Wildman–Crippen LogP) is 2.08. The van der Waals surface area contributed by atoms with Crippen molar-refractivity contribution in [2.24, 2.45) is 0 Å². The van der Waals surface area contributed by atoms with Crippen LogP contribution in [0.5, 0.6) is 0 Å². The lowest BCUT2D eigenvalue weighted by molar-refractivity contribution is 0.565. The highest BCUT2D eigenvalue weighted by Gasteiger charge is 2.07. The Bertz CT molecular complexity index is 555. The zero-order valence-electron chi connectivity index (χ0n) is 8.19. The zero-order chi connectivity index (χ0) is 11.5. The molecule has 1 aromatic heterocycles. The molecule has 0 bridgehead atoms. The van der Waals surface area contributed by atoms with Crippen molar-refractivity contribution in [3.8, 4) is 6.07 Å². The third kappa shape index (κ3) is 1.91. The van der Waals surface area contributed by atoms with E-state index in [9.17, 15) is 8.78 Å². The SMILES string of the molecule is N#Cc1nccn1Cc1ccc(F)cc1F. The lowest BCUT2D eigenvalue weighted by Gasteiger charge is -2.05. The van der Waals surface area contributed by atoms with Crippen molar-refractivity contribution in [3.63, 3.8) is 0 Å². The second kappa shape index (κ2) is 4.11. The van der Waals surface area contributed by atoms with Gasteiger partial charge in [-0.25, -0.2) is 13.8 Å².